The van der Waals surface area contributed by atoms with Gasteiger partial charge in [-0.3, -0.25) is 0 Å². The van der Waals surface area contributed by atoms with Crippen LogP contribution in [0.1, 0.15) is 5.56 Å². The zero-order chi connectivity index (χ0) is 15.1. The van der Waals surface area contributed by atoms with Crippen LogP contribution in [0.15, 0.2) is 65.5 Å². The molecule has 0 radical (unpaired) electrons. The first kappa shape index (κ1) is 12.8. The summed E-state index contributed by atoms with van der Waals surface area (Å²) in [5.41, 5.74) is 2.71. The fraction of sp³-hybridized carbons (Fsp3) is 0.0588. The van der Waals surface area contributed by atoms with Gasteiger partial charge < -0.3 is 5.11 Å². The summed E-state index contributed by atoms with van der Waals surface area (Å²) in [6, 6.07) is 18.6. The lowest BCUT2D eigenvalue weighted by molar-refractivity contribution is 0.282. The molecule has 1 N–H and O–H groups in total. The zero-order valence-corrected chi connectivity index (χ0v) is 11.7. The highest BCUT2D eigenvalue weighted by atomic mass is 16.3. The molecule has 5 heteroatoms. The van der Waals surface area contributed by atoms with Gasteiger partial charge in [0.2, 0.25) is 0 Å². The van der Waals surface area contributed by atoms with Gasteiger partial charge in [-0.2, -0.15) is 4.68 Å². The maximum Gasteiger partial charge on any atom is 0.355 e. The van der Waals surface area contributed by atoms with Gasteiger partial charge >= 0.3 is 5.69 Å². The number of aromatic nitrogens is 3. The van der Waals surface area contributed by atoms with Crippen LogP contribution in [0.3, 0.4) is 0 Å². The summed E-state index contributed by atoms with van der Waals surface area (Å²) < 4.78 is 2.98. The first-order valence-electron chi connectivity index (χ1n) is 6.97. The Morgan fingerprint density at radius 3 is 2.50 bits per heavy atom. The Labute approximate surface area is 125 Å². The molecule has 2 aromatic carbocycles. The van der Waals surface area contributed by atoms with Gasteiger partial charge in [0, 0.05) is 0 Å². The number of hydrogen-bond donors (Lipinski definition) is 1. The van der Waals surface area contributed by atoms with E-state index in [1.54, 1.807) is 28.7 Å². The highest BCUT2D eigenvalue weighted by Crippen LogP contribution is 2.15. The topological polar surface area (TPSA) is 59.5 Å². The Morgan fingerprint density at radius 2 is 1.73 bits per heavy atom. The highest BCUT2D eigenvalue weighted by Gasteiger charge is 2.11. The summed E-state index contributed by atoms with van der Waals surface area (Å²) in [6.45, 7) is -0.0228. The van der Waals surface area contributed by atoms with E-state index < -0.39 is 0 Å². The van der Waals surface area contributed by atoms with Crippen molar-refractivity contribution in [3.05, 3.63) is 76.7 Å². The minimum absolute atomic E-state index is 0.0228. The Hall–Kier alpha value is -2.92. The second kappa shape index (κ2) is 4.82. The average molecular weight is 291 g/mol. The molecule has 22 heavy (non-hydrogen) atoms. The monoisotopic (exact) mass is 291 g/mol. The van der Waals surface area contributed by atoms with Gasteiger partial charge in [-0.1, -0.05) is 30.3 Å². The third kappa shape index (κ3) is 1.83. The number of para-hydroxylation sites is 1. The predicted octanol–water partition coefficient (Wildman–Crippen LogP) is 2.13. The third-order valence-electron chi connectivity index (χ3n) is 3.76. The summed E-state index contributed by atoms with van der Waals surface area (Å²) >= 11 is 0. The molecule has 108 valence electrons. The number of aliphatic hydroxyl groups is 1. The van der Waals surface area contributed by atoms with E-state index in [1.165, 1.54) is 4.68 Å². The van der Waals surface area contributed by atoms with E-state index >= 15 is 0 Å². The van der Waals surface area contributed by atoms with E-state index in [1.807, 2.05) is 36.4 Å². The summed E-state index contributed by atoms with van der Waals surface area (Å²) in [5.74, 6) is 0. The van der Waals surface area contributed by atoms with Gasteiger partial charge in [-0.05, 0) is 41.3 Å². The van der Waals surface area contributed by atoms with E-state index in [4.69, 9.17) is 5.11 Å². The molecule has 5 nitrogen and oxygen atoms in total. The number of benzene rings is 2. The normalized spacial score (nSPS) is 11.3. The van der Waals surface area contributed by atoms with Crippen molar-refractivity contribution in [3.8, 4) is 5.69 Å². The van der Waals surface area contributed by atoms with Crippen molar-refractivity contribution in [1.82, 2.24) is 14.2 Å². The van der Waals surface area contributed by atoms with Gasteiger partial charge in [0.1, 0.15) is 0 Å². The molecule has 0 amide bonds. The van der Waals surface area contributed by atoms with Crippen LogP contribution in [0.2, 0.25) is 0 Å². The van der Waals surface area contributed by atoms with Crippen molar-refractivity contribution in [2.45, 2.75) is 6.61 Å². The molecule has 4 rings (SSSR count). The molecule has 0 aliphatic heterocycles. The predicted molar refractivity (Wildman–Crippen MR) is 84.2 cm³/mol. The van der Waals surface area contributed by atoms with Crippen LogP contribution in [0.25, 0.3) is 22.2 Å². The summed E-state index contributed by atoms with van der Waals surface area (Å²) in [7, 11) is 0. The Morgan fingerprint density at radius 1 is 0.955 bits per heavy atom. The Kier molecular flexibility index (Phi) is 2.80. The van der Waals surface area contributed by atoms with Crippen molar-refractivity contribution >= 4 is 16.6 Å². The van der Waals surface area contributed by atoms with Crippen molar-refractivity contribution in [3.63, 3.8) is 0 Å². The van der Waals surface area contributed by atoms with Crippen molar-refractivity contribution < 1.29 is 5.11 Å². The minimum atomic E-state index is -0.205. The summed E-state index contributed by atoms with van der Waals surface area (Å²) in [6.07, 6.45) is 0. The number of nitrogens with zero attached hydrogens (tertiary/aromatic N) is 3. The number of pyridine rings is 1. The molecule has 0 aliphatic carbocycles. The standard InChI is InChI=1S/C17H13N3O2/c21-11-12-5-8-14(9-6-12)20-17(22)19-15-4-2-1-3-13(15)7-10-16(19)18-20/h1-10,21H,11H2. The molecule has 0 saturated heterocycles. The molecule has 2 heterocycles. The first-order valence-corrected chi connectivity index (χ1v) is 6.97. The lowest BCUT2D eigenvalue weighted by Crippen LogP contribution is -2.19. The molecule has 2 aromatic heterocycles. The summed E-state index contributed by atoms with van der Waals surface area (Å²) in [4.78, 5) is 12.7. The van der Waals surface area contributed by atoms with E-state index in [2.05, 4.69) is 5.10 Å². The largest absolute Gasteiger partial charge is 0.392 e. The molecule has 0 fully saturated rings. The van der Waals surface area contributed by atoms with Crippen LogP contribution < -0.4 is 5.69 Å². The van der Waals surface area contributed by atoms with Crippen LogP contribution in [0.4, 0.5) is 0 Å². The maximum atomic E-state index is 12.7. The molecule has 0 saturated carbocycles. The molecule has 0 bridgehead atoms. The average Bonchev–Trinajstić information content (AvgIpc) is 2.92. The SMILES string of the molecule is O=c1n(-c2ccc(CO)cc2)nc2ccc3ccccc3n12. The van der Waals surface area contributed by atoms with Crippen molar-refractivity contribution in [2.24, 2.45) is 0 Å². The van der Waals surface area contributed by atoms with Crippen molar-refractivity contribution in [2.75, 3.05) is 0 Å². The van der Waals surface area contributed by atoms with Crippen molar-refractivity contribution in [1.29, 1.82) is 0 Å². The number of aliphatic hydroxyl groups excluding tert-OH is 1. The lowest BCUT2D eigenvalue weighted by Gasteiger charge is -2.00. The number of fused-ring (bicyclic) bond motifs is 3. The summed E-state index contributed by atoms with van der Waals surface area (Å²) in [5, 5.41) is 14.5. The van der Waals surface area contributed by atoms with Gasteiger partial charge in [0.05, 0.1) is 17.8 Å². The molecule has 4 aromatic rings. The van der Waals surface area contributed by atoms with E-state index in [0.29, 0.717) is 11.3 Å². The zero-order valence-electron chi connectivity index (χ0n) is 11.7. The highest BCUT2D eigenvalue weighted by molar-refractivity contribution is 5.81. The molecule has 0 spiro atoms. The van der Waals surface area contributed by atoms with Crippen LogP contribution in [-0.2, 0) is 6.61 Å². The van der Waals surface area contributed by atoms with Gasteiger partial charge in [-0.15, -0.1) is 5.10 Å². The fourth-order valence-corrected chi connectivity index (χ4v) is 2.62. The first-order chi connectivity index (χ1) is 10.8. The van der Waals surface area contributed by atoms with Crippen LogP contribution >= 0.6 is 0 Å². The third-order valence-corrected chi connectivity index (χ3v) is 3.76. The molecule has 0 unspecified atom stereocenters. The van der Waals surface area contributed by atoms with Crippen LogP contribution in [0.5, 0.6) is 0 Å². The quantitative estimate of drug-likeness (QED) is 0.615. The molecule has 0 atom stereocenters. The smallest absolute Gasteiger partial charge is 0.355 e. The van der Waals surface area contributed by atoms with E-state index in [0.717, 1.165) is 16.5 Å². The second-order valence-electron chi connectivity index (χ2n) is 5.10. The Bertz CT molecular complexity index is 1030. The van der Waals surface area contributed by atoms with Crippen LogP contribution in [0, 0.1) is 0 Å². The second-order valence-corrected chi connectivity index (χ2v) is 5.10. The van der Waals surface area contributed by atoms with Crippen LogP contribution in [-0.4, -0.2) is 19.3 Å². The Balaban J connectivity index is 2.01. The fourth-order valence-electron chi connectivity index (χ4n) is 2.62. The van der Waals surface area contributed by atoms with Gasteiger partial charge in [0.15, 0.2) is 5.65 Å². The van der Waals surface area contributed by atoms with Gasteiger partial charge in [-0.25, -0.2) is 9.20 Å². The minimum Gasteiger partial charge on any atom is -0.392 e. The molecular weight excluding hydrogens is 278 g/mol. The van der Waals surface area contributed by atoms with E-state index in [9.17, 15) is 4.79 Å². The molecular formula is C17H13N3O2. The lowest BCUT2D eigenvalue weighted by atomic mass is 10.2. The van der Waals surface area contributed by atoms with E-state index in [-0.39, 0.29) is 12.3 Å². The number of rotatable bonds is 2. The molecule has 0 aliphatic rings. The number of hydrogen-bond acceptors (Lipinski definition) is 3. The van der Waals surface area contributed by atoms with Gasteiger partial charge in [0.25, 0.3) is 0 Å². The maximum absolute atomic E-state index is 12.7.